The van der Waals surface area contributed by atoms with Crippen molar-refractivity contribution in [1.82, 2.24) is 9.80 Å². The second-order valence-corrected chi connectivity index (χ2v) is 10.3. The molecule has 0 spiro atoms. The molecule has 198 valence electrons. The van der Waals surface area contributed by atoms with Gasteiger partial charge in [-0.25, -0.2) is 14.2 Å². The zero-order valence-electron chi connectivity index (χ0n) is 21.8. The number of anilines is 1. The van der Waals surface area contributed by atoms with Crippen molar-refractivity contribution >= 4 is 34.5 Å². The molecular weight excluding hydrogens is 503 g/mol. The van der Waals surface area contributed by atoms with Gasteiger partial charge in [-0.2, -0.15) is 0 Å². The van der Waals surface area contributed by atoms with Gasteiger partial charge in [0.1, 0.15) is 5.82 Å². The monoisotopic (exact) mass is 534 g/mol. The topological polar surface area (TPSA) is 65.5 Å². The third-order valence-corrected chi connectivity index (χ3v) is 8.03. The highest BCUT2D eigenvalue weighted by Crippen LogP contribution is 2.45. The number of aryl methyl sites for hydroxylation is 1. The summed E-state index contributed by atoms with van der Waals surface area (Å²) in [6, 6.07) is 14.4. The summed E-state index contributed by atoms with van der Waals surface area (Å²) >= 11 is 1.47. The molecule has 0 saturated carbocycles. The lowest BCUT2D eigenvalue weighted by Crippen LogP contribution is -2.49. The number of methoxy groups -OCH3 is 1. The lowest BCUT2D eigenvalue weighted by atomic mass is 9.92. The molecule has 2 aromatic carbocycles. The van der Waals surface area contributed by atoms with E-state index in [1.807, 2.05) is 58.2 Å². The number of esters is 1. The number of piperazine rings is 1. The van der Waals surface area contributed by atoms with Gasteiger partial charge in [0.2, 0.25) is 5.91 Å². The van der Waals surface area contributed by atoms with Crippen molar-refractivity contribution in [3.63, 3.8) is 0 Å². The molecule has 5 rings (SSSR count). The second-order valence-electron chi connectivity index (χ2n) is 9.51. The zero-order valence-corrected chi connectivity index (χ0v) is 22.6. The summed E-state index contributed by atoms with van der Waals surface area (Å²) in [5, 5.41) is 2.72. The lowest BCUT2D eigenvalue weighted by molar-refractivity contribution is -0.136. The maximum absolute atomic E-state index is 14.2. The van der Waals surface area contributed by atoms with E-state index in [9.17, 15) is 14.0 Å². The molecule has 2 aromatic rings. The first-order valence-corrected chi connectivity index (χ1v) is 13.7. The average Bonchev–Trinajstić information content (AvgIpc) is 3.33. The number of halogens is 1. The molecule has 0 N–H and O–H groups in total. The smallest absolute Gasteiger partial charge is 0.338 e. The molecule has 1 unspecified atom stereocenters. The Kier molecular flexibility index (Phi) is 7.56. The molecule has 1 atom stereocenters. The maximum atomic E-state index is 14.2. The number of carbonyl (C=O) groups is 2. The fourth-order valence-corrected chi connectivity index (χ4v) is 6.18. The summed E-state index contributed by atoms with van der Waals surface area (Å²) in [4.78, 5) is 37.1. The molecule has 3 aliphatic rings. The van der Waals surface area contributed by atoms with Gasteiger partial charge < -0.3 is 19.4 Å². The van der Waals surface area contributed by atoms with Gasteiger partial charge in [0, 0.05) is 31.9 Å². The van der Waals surface area contributed by atoms with Crippen LogP contribution in [0.2, 0.25) is 0 Å². The predicted octanol–water partition coefficient (Wildman–Crippen LogP) is 5.01. The van der Waals surface area contributed by atoms with Crippen LogP contribution in [0.5, 0.6) is 0 Å². The van der Waals surface area contributed by atoms with E-state index in [4.69, 9.17) is 9.73 Å². The van der Waals surface area contributed by atoms with Gasteiger partial charge in [-0.1, -0.05) is 60.6 Å². The minimum Gasteiger partial charge on any atom is -0.466 e. The van der Waals surface area contributed by atoms with Crippen LogP contribution < -0.4 is 4.90 Å². The Hall–Kier alpha value is -3.59. The second kappa shape index (κ2) is 11.0. The van der Waals surface area contributed by atoms with E-state index < -0.39 is 12.0 Å². The summed E-state index contributed by atoms with van der Waals surface area (Å²) < 4.78 is 19.4. The largest absolute Gasteiger partial charge is 0.466 e. The molecule has 1 fully saturated rings. The number of aliphatic imine (C=N–C) groups is 1. The van der Waals surface area contributed by atoms with Crippen molar-refractivity contribution in [3.8, 4) is 0 Å². The average molecular weight is 535 g/mol. The summed E-state index contributed by atoms with van der Waals surface area (Å²) in [5.41, 5.74) is 4.60. The number of ether oxygens (including phenoxy) is 1. The summed E-state index contributed by atoms with van der Waals surface area (Å²) in [6.07, 6.45) is 0.773. The molecular formula is C29H31FN4O3S. The highest BCUT2D eigenvalue weighted by molar-refractivity contribution is 8.16. The van der Waals surface area contributed by atoms with Crippen LogP contribution in [0.15, 0.2) is 75.9 Å². The third-order valence-electron chi connectivity index (χ3n) is 7.14. The van der Waals surface area contributed by atoms with Crippen LogP contribution >= 0.6 is 11.8 Å². The predicted molar refractivity (Wildman–Crippen MR) is 148 cm³/mol. The van der Waals surface area contributed by atoms with Crippen molar-refractivity contribution in [3.05, 3.63) is 87.9 Å². The molecule has 7 nitrogen and oxygen atoms in total. The van der Waals surface area contributed by atoms with Crippen LogP contribution in [-0.4, -0.2) is 60.1 Å². The molecule has 0 aliphatic carbocycles. The molecule has 3 heterocycles. The number of benzene rings is 2. The number of hydrogen-bond acceptors (Lipinski definition) is 7. The summed E-state index contributed by atoms with van der Waals surface area (Å²) in [5.74, 6) is -0.664. The molecule has 38 heavy (non-hydrogen) atoms. The molecule has 0 bridgehead atoms. The van der Waals surface area contributed by atoms with Gasteiger partial charge in [-0.05, 0) is 36.4 Å². The first-order chi connectivity index (χ1) is 18.4. The van der Waals surface area contributed by atoms with Crippen LogP contribution in [0, 0.1) is 12.7 Å². The van der Waals surface area contributed by atoms with Crippen molar-refractivity contribution in [1.29, 1.82) is 0 Å². The lowest BCUT2D eigenvalue weighted by Gasteiger charge is -2.38. The highest BCUT2D eigenvalue weighted by atomic mass is 32.2. The standard InChI is InChI=1S/C29H31FN4O3S/c1-4-23-26(28(36)37-3)27(20-9-7-8-19(2)16-20)34-21(18-38-29(34)31-23)17-25(35)33-14-12-32(13-15-33)24-11-6-5-10-22(24)30/h5-11,16,18,27H,4,12-15,17H2,1-3H3. The van der Waals surface area contributed by atoms with Gasteiger partial charge in [0.25, 0.3) is 0 Å². The molecule has 1 saturated heterocycles. The zero-order chi connectivity index (χ0) is 26.8. The number of allylic oxidation sites excluding steroid dienone is 1. The Labute approximate surface area is 226 Å². The van der Waals surface area contributed by atoms with E-state index in [-0.39, 0.29) is 18.1 Å². The van der Waals surface area contributed by atoms with Gasteiger partial charge in [0.15, 0.2) is 5.17 Å². The van der Waals surface area contributed by atoms with Crippen molar-refractivity contribution in [2.24, 2.45) is 4.99 Å². The quantitative estimate of drug-likeness (QED) is 0.486. The summed E-state index contributed by atoms with van der Waals surface area (Å²) in [6.45, 7) is 6.16. The number of nitrogens with zero attached hydrogens (tertiary/aromatic N) is 4. The van der Waals surface area contributed by atoms with Crippen LogP contribution in [0.25, 0.3) is 0 Å². The molecule has 0 radical (unpaired) electrons. The number of para-hydroxylation sites is 1. The number of thioether (sulfide) groups is 1. The number of amides is 1. The van der Waals surface area contributed by atoms with Crippen LogP contribution in [0.4, 0.5) is 10.1 Å². The van der Waals surface area contributed by atoms with Crippen LogP contribution in [-0.2, 0) is 14.3 Å². The van der Waals surface area contributed by atoms with Crippen molar-refractivity contribution in [2.45, 2.75) is 32.7 Å². The van der Waals surface area contributed by atoms with Gasteiger partial charge in [-0.3, -0.25) is 4.79 Å². The van der Waals surface area contributed by atoms with Crippen molar-refractivity contribution < 1.29 is 18.7 Å². The number of hydrogen-bond donors (Lipinski definition) is 0. The maximum Gasteiger partial charge on any atom is 0.338 e. The first-order valence-electron chi connectivity index (χ1n) is 12.8. The summed E-state index contributed by atoms with van der Waals surface area (Å²) in [7, 11) is 1.38. The Morgan fingerprint density at radius 1 is 1.11 bits per heavy atom. The minimum atomic E-state index is -0.434. The van der Waals surface area contributed by atoms with E-state index in [2.05, 4.69) is 6.07 Å². The van der Waals surface area contributed by atoms with E-state index >= 15 is 0 Å². The van der Waals surface area contributed by atoms with Gasteiger partial charge in [0.05, 0.1) is 36.5 Å². The van der Waals surface area contributed by atoms with E-state index in [0.29, 0.717) is 49.6 Å². The van der Waals surface area contributed by atoms with Crippen LogP contribution in [0.3, 0.4) is 0 Å². The number of carbonyl (C=O) groups excluding carboxylic acids is 2. The van der Waals surface area contributed by atoms with E-state index in [0.717, 1.165) is 22.0 Å². The highest BCUT2D eigenvalue weighted by Gasteiger charge is 2.42. The normalized spacial score (nSPS) is 19.3. The van der Waals surface area contributed by atoms with Crippen LogP contribution in [0.1, 0.15) is 36.9 Å². The Morgan fingerprint density at radius 2 is 1.87 bits per heavy atom. The van der Waals surface area contributed by atoms with E-state index in [1.54, 1.807) is 12.1 Å². The van der Waals surface area contributed by atoms with Gasteiger partial charge >= 0.3 is 5.97 Å². The molecule has 1 amide bonds. The Balaban J connectivity index is 1.37. The molecule has 9 heteroatoms. The first kappa shape index (κ1) is 26.0. The fourth-order valence-electron chi connectivity index (χ4n) is 5.24. The third kappa shape index (κ3) is 4.95. The molecule has 3 aliphatic heterocycles. The molecule has 0 aromatic heterocycles. The SMILES string of the molecule is CCC1=C(C(=O)OC)C(c2cccc(C)c2)N2C(CC(=O)N3CCN(c4ccccc4F)CC3)=CSC2=N1. The minimum absolute atomic E-state index is 0.000776. The number of rotatable bonds is 6. The van der Waals surface area contributed by atoms with E-state index in [1.165, 1.54) is 24.9 Å². The Morgan fingerprint density at radius 3 is 2.55 bits per heavy atom. The number of fused-ring (bicyclic) bond motifs is 1. The van der Waals surface area contributed by atoms with Crippen molar-refractivity contribution in [2.75, 3.05) is 38.2 Å². The Bertz CT molecular complexity index is 1350. The number of amidine groups is 1. The fraction of sp³-hybridized carbons (Fsp3) is 0.345. The van der Waals surface area contributed by atoms with Gasteiger partial charge in [-0.15, -0.1) is 0 Å².